The van der Waals surface area contributed by atoms with Crippen LogP contribution in [0.5, 0.6) is 0 Å². The molecule has 14 rings (SSSR count). The van der Waals surface area contributed by atoms with Crippen LogP contribution in [0.3, 0.4) is 0 Å². The number of benzene rings is 11. The van der Waals surface area contributed by atoms with E-state index in [4.69, 9.17) is 8.83 Å². The first-order valence-corrected chi connectivity index (χ1v) is 26.1. The Balaban J connectivity index is 0.000000121. The van der Waals surface area contributed by atoms with E-state index in [2.05, 4.69) is 218 Å². The van der Waals surface area contributed by atoms with Crippen LogP contribution in [0, 0.1) is 9.65 Å². The molecule has 342 valence electrons. The van der Waals surface area contributed by atoms with Gasteiger partial charge in [0.15, 0.2) is 0 Å². The van der Waals surface area contributed by atoms with Gasteiger partial charge < -0.3 is 18.9 Å². The first-order valence-electron chi connectivity index (χ1n) is 23.4. The predicted molar refractivity (Wildman–Crippen MR) is 317 cm³/mol. The van der Waals surface area contributed by atoms with Crippen molar-refractivity contribution in [3.05, 3.63) is 242 Å². The number of furan rings is 2. The topological polar surface area (TPSA) is 66.7 Å². The molecule has 4 nitrogen and oxygen atoms in total. The first-order chi connectivity index (χ1) is 35.3. The molecule has 1 aliphatic rings. The molecule has 0 saturated heterocycles. The van der Waals surface area contributed by atoms with Gasteiger partial charge in [-0.2, -0.15) is 0 Å². The Labute approximate surface area is 446 Å². The summed E-state index contributed by atoms with van der Waals surface area (Å²) < 4.78 is 16.3. The van der Waals surface area contributed by atoms with Crippen molar-refractivity contribution in [1.82, 2.24) is 0 Å². The number of allylic oxidation sites excluding steroid dienone is 2. The van der Waals surface area contributed by atoms with Crippen LogP contribution in [0.15, 0.2) is 230 Å². The summed E-state index contributed by atoms with van der Waals surface area (Å²) in [5.41, 5.74) is 12.8. The highest BCUT2D eigenvalue weighted by Crippen LogP contribution is 2.45. The number of para-hydroxylation sites is 2. The van der Waals surface area contributed by atoms with E-state index < -0.39 is 7.12 Å². The second-order valence-electron chi connectivity index (χ2n) is 17.6. The normalized spacial score (nSPS) is 11.7. The standard InChI is InChI=1S/C32H19BrO.C20H12BO3.C12H8BrI/c33-29-18-6-5-11-22(29)20-9-7-10-21(19-20)23-16-8-17-28-30-26-14-3-1-12-24(26)25-13-2-4-15-27(25)32(30)34-31(23)28;22-21(23)17-11-5-10-16-18-14-8-3-1-6-12(14)13-7-2-4-9-15(13)20(18)24-19(16)17;13-12-7-2-1-6-11(12)9-4-3-5-10(14)8-9/h1-19H;2-11,22-23H;1-8H/q;+1;. The molecular weight excluding hydrogens is 1130 g/mol. The van der Waals surface area contributed by atoms with E-state index in [1.165, 1.54) is 47.4 Å². The van der Waals surface area contributed by atoms with Crippen molar-refractivity contribution in [3.63, 3.8) is 0 Å². The second-order valence-corrected chi connectivity index (χ2v) is 20.5. The molecule has 13 aromatic rings. The lowest BCUT2D eigenvalue weighted by Gasteiger charge is -2.08. The average Bonchev–Trinajstić information content (AvgIpc) is 4.02. The van der Waals surface area contributed by atoms with Gasteiger partial charge in [0.2, 0.25) is 0 Å². The molecular formula is C64H39BBr2IO4+. The summed E-state index contributed by atoms with van der Waals surface area (Å²) in [6.45, 7) is 0. The van der Waals surface area contributed by atoms with Crippen molar-refractivity contribution >= 4 is 155 Å². The van der Waals surface area contributed by atoms with E-state index in [9.17, 15) is 10.0 Å². The van der Waals surface area contributed by atoms with Crippen molar-refractivity contribution in [2.45, 2.75) is 0 Å². The van der Waals surface area contributed by atoms with Gasteiger partial charge in [-0.1, -0.05) is 196 Å². The average molecular weight is 1170 g/mol. The molecule has 0 unspecified atom stereocenters. The monoisotopic (exact) mass is 1170 g/mol. The molecule has 0 aliphatic heterocycles. The van der Waals surface area contributed by atoms with Gasteiger partial charge in [-0.05, 0) is 109 Å². The number of hydrogen-bond donors (Lipinski definition) is 2. The molecule has 2 N–H and O–H groups in total. The van der Waals surface area contributed by atoms with Crippen LogP contribution in [-0.4, -0.2) is 17.2 Å². The lowest BCUT2D eigenvalue weighted by atomic mass is 9.79. The maximum atomic E-state index is 9.66. The summed E-state index contributed by atoms with van der Waals surface area (Å²) in [6.07, 6.45) is 9.06. The number of rotatable bonds is 4. The van der Waals surface area contributed by atoms with Gasteiger partial charge in [0, 0.05) is 56.5 Å². The molecule has 11 aromatic carbocycles. The molecule has 0 radical (unpaired) electrons. The van der Waals surface area contributed by atoms with Crippen molar-refractivity contribution in [1.29, 1.82) is 0 Å². The van der Waals surface area contributed by atoms with Crippen molar-refractivity contribution in [3.8, 4) is 33.4 Å². The third kappa shape index (κ3) is 8.24. The zero-order valence-corrected chi connectivity index (χ0v) is 43.6. The van der Waals surface area contributed by atoms with Crippen molar-refractivity contribution in [2.24, 2.45) is 0 Å². The summed E-state index contributed by atoms with van der Waals surface area (Å²) in [7, 11) is -1.57. The molecule has 0 amide bonds. The van der Waals surface area contributed by atoms with Crippen molar-refractivity contribution in [2.75, 3.05) is 0 Å². The van der Waals surface area contributed by atoms with E-state index in [0.717, 1.165) is 80.3 Å². The molecule has 0 spiro atoms. The van der Waals surface area contributed by atoms with E-state index in [1.807, 2.05) is 60.7 Å². The molecule has 0 atom stereocenters. The Bertz CT molecular complexity index is 4320. The zero-order valence-electron chi connectivity index (χ0n) is 38.3. The third-order valence-electron chi connectivity index (χ3n) is 13.4. The second kappa shape index (κ2) is 19.5. The Hall–Kier alpha value is -7.14. The minimum Gasteiger partial charge on any atom is -0.456 e. The quantitative estimate of drug-likeness (QED) is 0.0798. The molecule has 2 heterocycles. The predicted octanol–water partition coefficient (Wildman–Crippen LogP) is 18.0. The molecule has 0 bridgehead atoms. The van der Waals surface area contributed by atoms with Gasteiger partial charge in [0.1, 0.15) is 45.6 Å². The fourth-order valence-electron chi connectivity index (χ4n) is 10.1. The van der Waals surface area contributed by atoms with Crippen LogP contribution < -0.4 is 5.46 Å². The Morgan fingerprint density at radius 3 is 1.54 bits per heavy atom. The van der Waals surface area contributed by atoms with E-state index in [-0.39, 0.29) is 0 Å². The molecule has 0 saturated carbocycles. The van der Waals surface area contributed by atoms with Crippen LogP contribution in [0.25, 0.3) is 122 Å². The van der Waals surface area contributed by atoms with Crippen LogP contribution in [0.4, 0.5) is 0 Å². The summed E-state index contributed by atoms with van der Waals surface area (Å²) >= 11 is 9.59. The number of fused-ring (bicyclic) bond motifs is 16. The van der Waals surface area contributed by atoms with Crippen LogP contribution in [0.1, 0.15) is 11.1 Å². The van der Waals surface area contributed by atoms with E-state index in [1.54, 1.807) is 6.07 Å². The molecule has 1 aliphatic carbocycles. The highest BCUT2D eigenvalue weighted by Gasteiger charge is 2.27. The Morgan fingerprint density at radius 2 is 0.875 bits per heavy atom. The highest BCUT2D eigenvalue weighted by molar-refractivity contribution is 14.1. The lowest BCUT2D eigenvalue weighted by Crippen LogP contribution is -2.29. The lowest BCUT2D eigenvalue weighted by molar-refractivity contribution is 0.425. The zero-order chi connectivity index (χ0) is 48.9. The Kier molecular flexibility index (Phi) is 12.4. The molecule has 0 fully saturated rings. The minimum absolute atomic E-state index is 0.378. The van der Waals surface area contributed by atoms with E-state index >= 15 is 0 Å². The van der Waals surface area contributed by atoms with Gasteiger partial charge >= 0.3 is 7.12 Å². The largest absolute Gasteiger partial charge is 0.492 e. The summed E-state index contributed by atoms with van der Waals surface area (Å²) in [5, 5.41) is 30.5. The van der Waals surface area contributed by atoms with Gasteiger partial charge in [0.25, 0.3) is 0 Å². The highest BCUT2D eigenvalue weighted by atomic mass is 127. The fraction of sp³-hybridized carbons (Fsp3) is 0. The SMILES string of the molecule is Brc1ccccc1-c1cccc(-c2cccc3c2oc2c4ccccc4c4ccccc4c32)c1.Brc1ccccc1-c1cccc(I)c1.OB(O)c1cccc2c1oc1c3ccccc3c3c(c21)C=C[C+]=C3. The maximum Gasteiger partial charge on any atom is 0.492 e. The summed E-state index contributed by atoms with van der Waals surface area (Å²) in [4.78, 5) is 0. The van der Waals surface area contributed by atoms with Crippen molar-refractivity contribution < 1.29 is 18.9 Å². The van der Waals surface area contributed by atoms with Crippen LogP contribution in [-0.2, 0) is 0 Å². The third-order valence-corrected chi connectivity index (χ3v) is 15.4. The summed E-state index contributed by atoms with van der Waals surface area (Å²) in [5.74, 6) is 0. The number of hydrogen-bond acceptors (Lipinski definition) is 4. The van der Waals surface area contributed by atoms with Gasteiger partial charge in [-0.15, -0.1) is 0 Å². The first kappa shape index (κ1) is 46.0. The fourth-order valence-corrected chi connectivity index (χ4v) is 11.7. The van der Waals surface area contributed by atoms with E-state index in [0.29, 0.717) is 11.0 Å². The smallest absolute Gasteiger partial charge is 0.456 e. The van der Waals surface area contributed by atoms with Gasteiger partial charge in [-0.3, -0.25) is 0 Å². The van der Waals surface area contributed by atoms with Gasteiger partial charge in [-0.25, -0.2) is 0 Å². The summed E-state index contributed by atoms with van der Waals surface area (Å²) in [6, 6.07) is 71.0. The molecule has 2 aromatic heterocycles. The molecule has 8 heteroatoms. The van der Waals surface area contributed by atoms with Crippen LogP contribution in [0.2, 0.25) is 0 Å². The Morgan fingerprint density at radius 1 is 0.403 bits per heavy atom. The molecule has 72 heavy (non-hydrogen) atoms. The minimum atomic E-state index is -1.57. The van der Waals surface area contributed by atoms with Gasteiger partial charge in [0.05, 0.1) is 16.8 Å². The maximum absolute atomic E-state index is 9.66. The van der Waals surface area contributed by atoms with Crippen LogP contribution >= 0.6 is 54.5 Å². The number of halogens is 3.